The SMILES string of the molecule is NC(=O)c1c(O)c2ccccc2oc1=O. The molecular formula is C10H7NO4. The number of amides is 1. The van der Waals surface area contributed by atoms with E-state index in [0.717, 1.165) is 0 Å². The Labute approximate surface area is 83.7 Å². The number of benzene rings is 1. The predicted octanol–water partition coefficient (Wildman–Crippen LogP) is 0.597. The highest BCUT2D eigenvalue weighted by Gasteiger charge is 2.17. The molecule has 0 atom stereocenters. The van der Waals surface area contributed by atoms with Crippen LogP contribution < -0.4 is 11.4 Å². The van der Waals surface area contributed by atoms with Gasteiger partial charge in [0.15, 0.2) is 5.56 Å². The molecule has 5 heteroatoms. The summed E-state index contributed by atoms with van der Waals surface area (Å²) in [5, 5.41) is 9.92. The van der Waals surface area contributed by atoms with Crippen LogP contribution in [0.1, 0.15) is 10.4 Å². The summed E-state index contributed by atoms with van der Waals surface area (Å²) >= 11 is 0. The molecule has 0 aliphatic rings. The maximum absolute atomic E-state index is 11.3. The average molecular weight is 205 g/mol. The van der Waals surface area contributed by atoms with E-state index in [1.54, 1.807) is 12.1 Å². The third-order valence-corrected chi connectivity index (χ3v) is 2.03. The molecule has 1 heterocycles. The van der Waals surface area contributed by atoms with E-state index in [-0.39, 0.29) is 11.0 Å². The lowest BCUT2D eigenvalue weighted by atomic mass is 10.1. The van der Waals surface area contributed by atoms with Gasteiger partial charge < -0.3 is 15.3 Å². The van der Waals surface area contributed by atoms with Gasteiger partial charge in [-0.2, -0.15) is 0 Å². The Morgan fingerprint density at radius 1 is 1.33 bits per heavy atom. The number of nitrogens with two attached hydrogens (primary N) is 1. The molecule has 1 aromatic heterocycles. The monoisotopic (exact) mass is 205 g/mol. The average Bonchev–Trinajstić information content (AvgIpc) is 2.17. The minimum absolute atomic E-state index is 0.213. The minimum atomic E-state index is -1.01. The largest absolute Gasteiger partial charge is 0.506 e. The van der Waals surface area contributed by atoms with Gasteiger partial charge in [-0.1, -0.05) is 12.1 Å². The van der Waals surface area contributed by atoms with Crippen molar-refractivity contribution in [2.45, 2.75) is 0 Å². The highest BCUT2D eigenvalue weighted by Crippen LogP contribution is 2.25. The Balaban J connectivity index is 2.97. The van der Waals surface area contributed by atoms with Crippen molar-refractivity contribution in [1.29, 1.82) is 0 Å². The maximum atomic E-state index is 11.3. The molecule has 0 bridgehead atoms. The first-order valence-electron chi connectivity index (χ1n) is 4.16. The van der Waals surface area contributed by atoms with Crippen molar-refractivity contribution >= 4 is 16.9 Å². The number of carbonyl (C=O) groups excluding carboxylic acids is 1. The fraction of sp³-hybridized carbons (Fsp3) is 0. The number of hydrogen-bond acceptors (Lipinski definition) is 4. The van der Waals surface area contributed by atoms with Crippen LogP contribution in [0.5, 0.6) is 5.75 Å². The molecule has 15 heavy (non-hydrogen) atoms. The Bertz CT molecular complexity index is 600. The molecule has 76 valence electrons. The fourth-order valence-corrected chi connectivity index (χ4v) is 1.35. The van der Waals surface area contributed by atoms with Crippen molar-refractivity contribution in [2.75, 3.05) is 0 Å². The van der Waals surface area contributed by atoms with Crippen LogP contribution in [-0.4, -0.2) is 11.0 Å². The topological polar surface area (TPSA) is 93.5 Å². The molecule has 0 saturated heterocycles. The van der Waals surface area contributed by atoms with E-state index in [0.29, 0.717) is 0 Å². The number of carbonyl (C=O) groups is 1. The number of fused-ring (bicyclic) bond motifs is 1. The minimum Gasteiger partial charge on any atom is -0.506 e. The van der Waals surface area contributed by atoms with Gasteiger partial charge in [0.2, 0.25) is 0 Å². The van der Waals surface area contributed by atoms with Crippen molar-refractivity contribution in [3.05, 3.63) is 40.2 Å². The Kier molecular flexibility index (Phi) is 1.93. The molecule has 1 amide bonds. The molecular weight excluding hydrogens is 198 g/mol. The number of primary amides is 1. The Morgan fingerprint density at radius 3 is 2.67 bits per heavy atom. The lowest BCUT2D eigenvalue weighted by molar-refractivity contribution is 0.0994. The number of aromatic hydroxyl groups is 1. The van der Waals surface area contributed by atoms with E-state index in [4.69, 9.17) is 10.2 Å². The van der Waals surface area contributed by atoms with E-state index in [2.05, 4.69) is 0 Å². The Hall–Kier alpha value is -2.30. The first-order chi connectivity index (χ1) is 7.11. The van der Waals surface area contributed by atoms with Gasteiger partial charge >= 0.3 is 5.63 Å². The molecule has 0 fully saturated rings. The smallest absolute Gasteiger partial charge is 0.353 e. The molecule has 0 unspecified atom stereocenters. The van der Waals surface area contributed by atoms with Crippen molar-refractivity contribution in [3.63, 3.8) is 0 Å². The van der Waals surface area contributed by atoms with Crippen LogP contribution in [0.4, 0.5) is 0 Å². The first-order valence-corrected chi connectivity index (χ1v) is 4.16. The van der Waals surface area contributed by atoms with Crippen LogP contribution >= 0.6 is 0 Å². The number of hydrogen-bond donors (Lipinski definition) is 2. The molecule has 0 radical (unpaired) electrons. The number of rotatable bonds is 1. The van der Waals surface area contributed by atoms with Gasteiger partial charge in [-0.3, -0.25) is 4.79 Å². The van der Waals surface area contributed by atoms with E-state index >= 15 is 0 Å². The van der Waals surface area contributed by atoms with Gasteiger partial charge in [0.05, 0.1) is 5.39 Å². The van der Waals surface area contributed by atoms with Gasteiger partial charge in [0, 0.05) is 0 Å². The van der Waals surface area contributed by atoms with Crippen LogP contribution in [0.2, 0.25) is 0 Å². The normalized spacial score (nSPS) is 10.4. The van der Waals surface area contributed by atoms with Crippen LogP contribution in [0.15, 0.2) is 33.5 Å². The standard InChI is InChI=1S/C10H7NO4/c11-9(13)7-8(12)5-3-1-2-4-6(5)15-10(7)14/h1-4,12H,(H2,11,13). The second-order valence-corrected chi connectivity index (χ2v) is 2.97. The second kappa shape index (κ2) is 3.13. The quantitative estimate of drug-likeness (QED) is 0.666. The van der Waals surface area contributed by atoms with Gasteiger partial charge in [-0.05, 0) is 12.1 Å². The van der Waals surface area contributed by atoms with Crippen LogP contribution in [0.3, 0.4) is 0 Å². The molecule has 2 rings (SSSR count). The van der Waals surface area contributed by atoms with Crippen molar-refractivity contribution in [3.8, 4) is 5.75 Å². The van der Waals surface area contributed by atoms with Gasteiger partial charge in [0.25, 0.3) is 5.91 Å². The van der Waals surface area contributed by atoms with Gasteiger partial charge in [0.1, 0.15) is 11.3 Å². The first kappa shape index (κ1) is 9.26. The molecule has 5 nitrogen and oxygen atoms in total. The van der Waals surface area contributed by atoms with Crippen molar-refractivity contribution < 1.29 is 14.3 Å². The van der Waals surface area contributed by atoms with Gasteiger partial charge in [-0.15, -0.1) is 0 Å². The highest BCUT2D eigenvalue weighted by atomic mass is 16.4. The summed E-state index contributed by atoms with van der Waals surface area (Å²) in [6.07, 6.45) is 0. The van der Waals surface area contributed by atoms with E-state index < -0.39 is 22.8 Å². The molecule has 0 spiro atoms. The highest BCUT2D eigenvalue weighted by molar-refractivity contribution is 6.00. The zero-order valence-corrected chi connectivity index (χ0v) is 7.56. The molecule has 0 saturated carbocycles. The van der Waals surface area contributed by atoms with E-state index in [1.807, 2.05) is 0 Å². The summed E-state index contributed by atoms with van der Waals surface area (Å²) < 4.78 is 4.82. The summed E-state index contributed by atoms with van der Waals surface area (Å²) in [6.45, 7) is 0. The second-order valence-electron chi connectivity index (χ2n) is 2.97. The van der Waals surface area contributed by atoms with Gasteiger partial charge in [-0.25, -0.2) is 4.79 Å². The molecule has 2 aromatic rings. The van der Waals surface area contributed by atoms with Crippen LogP contribution in [0.25, 0.3) is 11.0 Å². The number of para-hydroxylation sites is 1. The zero-order valence-electron chi connectivity index (χ0n) is 7.56. The van der Waals surface area contributed by atoms with Crippen molar-refractivity contribution in [2.24, 2.45) is 5.73 Å². The Morgan fingerprint density at radius 2 is 2.00 bits per heavy atom. The summed E-state index contributed by atoms with van der Waals surface area (Å²) in [7, 11) is 0. The van der Waals surface area contributed by atoms with E-state index in [9.17, 15) is 14.7 Å². The fourth-order valence-electron chi connectivity index (χ4n) is 1.35. The van der Waals surface area contributed by atoms with Crippen LogP contribution in [0, 0.1) is 0 Å². The van der Waals surface area contributed by atoms with Crippen LogP contribution in [-0.2, 0) is 0 Å². The molecule has 0 aliphatic carbocycles. The summed E-state index contributed by atoms with van der Waals surface area (Å²) in [5.74, 6) is -1.44. The zero-order chi connectivity index (χ0) is 11.0. The third kappa shape index (κ3) is 1.34. The maximum Gasteiger partial charge on any atom is 0.353 e. The lowest BCUT2D eigenvalue weighted by Crippen LogP contribution is -2.21. The molecule has 0 aliphatic heterocycles. The summed E-state index contributed by atoms with van der Waals surface area (Å²) in [5.41, 5.74) is 3.71. The predicted molar refractivity (Wildman–Crippen MR) is 52.7 cm³/mol. The van der Waals surface area contributed by atoms with Crippen molar-refractivity contribution in [1.82, 2.24) is 0 Å². The van der Waals surface area contributed by atoms with E-state index in [1.165, 1.54) is 12.1 Å². The lowest BCUT2D eigenvalue weighted by Gasteiger charge is -2.02. The molecule has 1 aromatic carbocycles. The third-order valence-electron chi connectivity index (χ3n) is 2.03. The molecule has 3 N–H and O–H groups in total. The summed E-state index contributed by atoms with van der Waals surface area (Å²) in [6, 6.07) is 6.34. The summed E-state index contributed by atoms with van der Waals surface area (Å²) in [4.78, 5) is 22.2.